The fraction of sp³-hybridized carbons (Fsp3) is 0.300. The van der Waals surface area contributed by atoms with Crippen LogP contribution in [0.25, 0.3) is 0 Å². The first kappa shape index (κ1) is 18.4. The molecule has 136 valence electrons. The standard InChI is InChI=1S/C20H21ClN2O3/c1-26-12-11-22-19(25)20(9-10-20)15-5-7-17(8-6-15)23-18(24)14-3-2-4-16(21)13-14/h2-8,13H,9-12H2,1H3,(H,22,25)(H,23,24). The molecule has 0 saturated heterocycles. The number of ether oxygens (including phenoxy) is 1. The molecule has 0 radical (unpaired) electrons. The van der Waals surface area contributed by atoms with Crippen LogP contribution in [0.2, 0.25) is 5.02 Å². The Morgan fingerprint density at radius 1 is 1.15 bits per heavy atom. The maximum absolute atomic E-state index is 12.4. The highest BCUT2D eigenvalue weighted by molar-refractivity contribution is 6.31. The van der Waals surface area contributed by atoms with Crippen LogP contribution in [-0.2, 0) is 14.9 Å². The van der Waals surface area contributed by atoms with Crippen molar-refractivity contribution in [2.45, 2.75) is 18.3 Å². The number of amides is 2. The van der Waals surface area contributed by atoms with Crippen molar-refractivity contribution in [1.82, 2.24) is 5.32 Å². The zero-order chi connectivity index (χ0) is 18.6. The summed E-state index contributed by atoms with van der Waals surface area (Å²) >= 11 is 5.92. The minimum atomic E-state index is -0.441. The van der Waals surface area contributed by atoms with Gasteiger partial charge < -0.3 is 15.4 Å². The summed E-state index contributed by atoms with van der Waals surface area (Å²) in [7, 11) is 1.61. The van der Waals surface area contributed by atoms with Gasteiger partial charge in [0.05, 0.1) is 12.0 Å². The SMILES string of the molecule is COCCNC(=O)C1(c2ccc(NC(=O)c3cccc(Cl)c3)cc2)CC1. The van der Waals surface area contributed by atoms with Crippen molar-refractivity contribution in [3.63, 3.8) is 0 Å². The molecule has 1 fully saturated rings. The average Bonchev–Trinajstić information content (AvgIpc) is 3.44. The first-order valence-electron chi connectivity index (χ1n) is 8.50. The van der Waals surface area contributed by atoms with Crippen LogP contribution in [0.1, 0.15) is 28.8 Å². The Morgan fingerprint density at radius 2 is 1.88 bits per heavy atom. The first-order chi connectivity index (χ1) is 12.5. The fourth-order valence-corrected chi connectivity index (χ4v) is 3.10. The summed E-state index contributed by atoms with van der Waals surface area (Å²) in [6.45, 7) is 1.00. The lowest BCUT2D eigenvalue weighted by Gasteiger charge is -2.16. The van der Waals surface area contributed by atoms with Gasteiger partial charge in [0.2, 0.25) is 5.91 Å². The van der Waals surface area contributed by atoms with E-state index in [0.717, 1.165) is 18.4 Å². The Balaban J connectivity index is 1.65. The van der Waals surface area contributed by atoms with Crippen molar-refractivity contribution in [2.24, 2.45) is 0 Å². The van der Waals surface area contributed by atoms with Gasteiger partial charge in [-0.3, -0.25) is 9.59 Å². The Morgan fingerprint density at radius 3 is 2.50 bits per heavy atom. The Bertz CT molecular complexity index is 801. The van der Waals surface area contributed by atoms with Crippen LogP contribution in [0.5, 0.6) is 0 Å². The molecule has 0 unspecified atom stereocenters. The number of nitrogens with one attached hydrogen (secondary N) is 2. The van der Waals surface area contributed by atoms with Crippen LogP contribution in [0, 0.1) is 0 Å². The van der Waals surface area contributed by atoms with Crippen LogP contribution in [0.3, 0.4) is 0 Å². The molecule has 5 nitrogen and oxygen atoms in total. The second-order valence-electron chi connectivity index (χ2n) is 6.37. The molecule has 2 N–H and O–H groups in total. The van der Waals surface area contributed by atoms with Crippen LogP contribution in [-0.4, -0.2) is 32.1 Å². The number of rotatable bonds is 7. The highest BCUT2D eigenvalue weighted by Gasteiger charge is 2.50. The highest BCUT2D eigenvalue weighted by atomic mass is 35.5. The molecule has 1 saturated carbocycles. The molecule has 2 aromatic rings. The first-order valence-corrected chi connectivity index (χ1v) is 8.88. The molecule has 0 spiro atoms. The molecule has 0 aliphatic heterocycles. The average molecular weight is 373 g/mol. The van der Waals surface area contributed by atoms with E-state index in [-0.39, 0.29) is 11.8 Å². The molecular weight excluding hydrogens is 352 g/mol. The lowest BCUT2D eigenvalue weighted by atomic mass is 9.94. The van der Waals surface area contributed by atoms with Gasteiger partial charge >= 0.3 is 0 Å². The van der Waals surface area contributed by atoms with Crippen LogP contribution >= 0.6 is 11.6 Å². The summed E-state index contributed by atoms with van der Waals surface area (Å²) in [5.41, 5.74) is 1.70. The van der Waals surface area contributed by atoms with E-state index in [1.54, 1.807) is 31.4 Å². The van der Waals surface area contributed by atoms with Crippen molar-refractivity contribution in [1.29, 1.82) is 0 Å². The molecule has 0 atom stereocenters. The predicted octanol–water partition coefficient (Wildman–Crippen LogP) is 3.39. The topological polar surface area (TPSA) is 67.4 Å². The molecule has 1 aliphatic rings. The molecule has 6 heteroatoms. The number of halogens is 1. The maximum atomic E-state index is 12.4. The second kappa shape index (κ2) is 7.89. The molecule has 2 aromatic carbocycles. The van der Waals surface area contributed by atoms with Crippen molar-refractivity contribution >= 4 is 29.1 Å². The lowest BCUT2D eigenvalue weighted by Crippen LogP contribution is -2.36. The minimum Gasteiger partial charge on any atom is -0.383 e. The summed E-state index contributed by atoms with van der Waals surface area (Å²) in [4.78, 5) is 24.7. The second-order valence-corrected chi connectivity index (χ2v) is 6.81. The molecule has 0 heterocycles. The Labute approximate surface area is 157 Å². The van der Waals surface area contributed by atoms with Gasteiger partial charge in [-0.1, -0.05) is 29.8 Å². The van der Waals surface area contributed by atoms with Gasteiger partial charge in [-0.15, -0.1) is 0 Å². The van der Waals surface area contributed by atoms with Crippen LogP contribution < -0.4 is 10.6 Å². The minimum absolute atomic E-state index is 0.0327. The maximum Gasteiger partial charge on any atom is 0.255 e. The molecule has 3 rings (SSSR count). The molecular formula is C20H21ClN2O3. The van der Waals surface area contributed by atoms with Gasteiger partial charge in [-0.2, -0.15) is 0 Å². The summed E-state index contributed by atoms with van der Waals surface area (Å²) in [5, 5.41) is 6.27. The Kier molecular flexibility index (Phi) is 5.59. The summed E-state index contributed by atoms with van der Waals surface area (Å²) < 4.78 is 4.96. The van der Waals surface area contributed by atoms with Gasteiger partial charge in [-0.05, 0) is 48.7 Å². The van der Waals surface area contributed by atoms with E-state index < -0.39 is 5.41 Å². The molecule has 0 bridgehead atoms. The van der Waals surface area contributed by atoms with E-state index in [1.807, 2.05) is 24.3 Å². The number of hydrogen-bond donors (Lipinski definition) is 2. The van der Waals surface area contributed by atoms with Crippen LogP contribution in [0.15, 0.2) is 48.5 Å². The molecule has 26 heavy (non-hydrogen) atoms. The summed E-state index contributed by atoms with van der Waals surface area (Å²) in [6, 6.07) is 14.2. The summed E-state index contributed by atoms with van der Waals surface area (Å²) in [6.07, 6.45) is 1.67. The highest BCUT2D eigenvalue weighted by Crippen LogP contribution is 2.48. The monoisotopic (exact) mass is 372 g/mol. The molecule has 1 aliphatic carbocycles. The third kappa shape index (κ3) is 4.06. The van der Waals surface area contributed by atoms with Gasteiger partial charge in [0.25, 0.3) is 5.91 Å². The van der Waals surface area contributed by atoms with Gasteiger partial charge in [0, 0.05) is 29.9 Å². The molecule has 2 amide bonds. The van der Waals surface area contributed by atoms with E-state index in [4.69, 9.17) is 16.3 Å². The van der Waals surface area contributed by atoms with Crippen molar-refractivity contribution in [3.8, 4) is 0 Å². The number of carbonyl (C=O) groups is 2. The number of anilines is 1. The van der Waals surface area contributed by atoms with E-state index in [0.29, 0.717) is 29.4 Å². The Hall–Kier alpha value is -2.37. The zero-order valence-corrected chi connectivity index (χ0v) is 15.3. The molecule has 0 aromatic heterocycles. The van der Waals surface area contributed by atoms with Gasteiger partial charge in [0.15, 0.2) is 0 Å². The largest absolute Gasteiger partial charge is 0.383 e. The summed E-state index contributed by atoms with van der Waals surface area (Å²) in [5.74, 6) is -0.191. The quantitative estimate of drug-likeness (QED) is 0.732. The third-order valence-electron chi connectivity index (χ3n) is 4.56. The number of methoxy groups -OCH3 is 1. The van der Waals surface area contributed by atoms with E-state index >= 15 is 0 Å². The fourth-order valence-electron chi connectivity index (χ4n) is 2.91. The van der Waals surface area contributed by atoms with E-state index in [2.05, 4.69) is 10.6 Å². The third-order valence-corrected chi connectivity index (χ3v) is 4.79. The predicted molar refractivity (Wildman–Crippen MR) is 102 cm³/mol. The smallest absolute Gasteiger partial charge is 0.255 e. The normalized spacial score (nSPS) is 14.5. The van der Waals surface area contributed by atoms with E-state index in [9.17, 15) is 9.59 Å². The van der Waals surface area contributed by atoms with Crippen molar-refractivity contribution < 1.29 is 14.3 Å². The van der Waals surface area contributed by atoms with Crippen molar-refractivity contribution in [2.75, 3.05) is 25.6 Å². The lowest BCUT2D eigenvalue weighted by molar-refractivity contribution is -0.123. The zero-order valence-electron chi connectivity index (χ0n) is 14.5. The number of carbonyl (C=O) groups excluding carboxylic acids is 2. The number of hydrogen-bond acceptors (Lipinski definition) is 3. The van der Waals surface area contributed by atoms with Gasteiger partial charge in [-0.25, -0.2) is 0 Å². The van der Waals surface area contributed by atoms with Gasteiger partial charge in [0.1, 0.15) is 0 Å². The van der Waals surface area contributed by atoms with E-state index in [1.165, 1.54) is 0 Å². The number of benzene rings is 2. The van der Waals surface area contributed by atoms with Crippen molar-refractivity contribution in [3.05, 3.63) is 64.7 Å². The van der Waals surface area contributed by atoms with Crippen LogP contribution in [0.4, 0.5) is 5.69 Å².